The molecule has 0 saturated heterocycles. The Bertz CT molecular complexity index is 328. The monoisotopic (exact) mass is 218 g/mol. The van der Waals surface area contributed by atoms with Crippen LogP contribution in [0.25, 0.3) is 0 Å². The van der Waals surface area contributed by atoms with Crippen LogP contribution in [-0.2, 0) is 13.9 Å². The average molecular weight is 218 g/mol. The van der Waals surface area contributed by atoms with Gasteiger partial charge in [-0.2, -0.15) is 0 Å². The largest absolute Gasteiger partial charge is 0.469 e. The molecular weight excluding hydrogens is 203 g/mol. The highest BCUT2D eigenvalue weighted by molar-refractivity contribution is 7.46. The van der Waals surface area contributed by atoms with Crippen LogP contribution in [0.15, 0.2) is 0 Å². The van der Waals surface area contributed by atoms with Gasteiger partial charge in [-0.3, -0.25) is 9.32 Å². The molecule has 0 heterocycles. The first-order chi connectivity index (χ1) is 7.38. The second kappa shape index (κ2) is 4.80. The van der Waals surface area contributed by atoms with Crippen LogP contribution in [0.2, 0.25) is 0 Å². The second-order valence-electron chi connectivity index (χ2n) is 1.99. The van der Waals surface area contributed by atoms with Gasteiger partial charge < -0.3 is 20.0 Å². The lowest BCUT2D eigenvalue weighted by molar-refractivity contribution is -0.132. The molecule has 0 aliphatic rings. The van der Waals surface area contributed by atoms with Crippen molar-refractivity contribution in [1.82, 2.24) is 0 Å². The Kier molecular flexibility index (Phi) is 2.61. The zero-order valence-electron chi connectivity index (χ0n) is 10.2. The number of Topliss-reactive ketones (excluding diaryl/α,β-unsaturated/α-hetero) is 1. The highest BCUT2D eigenvalue weighted by Crippen LogP contribution is 2.35. The van der Waals surface area contributed by atoms with Crippen LogP contribution in [-0.4, -0.2) is 44.6 Å². The number of hydrogen-bond acceptors (Lipinski definition) is 5. The summed E-state index contributed by atoms with van der Waals surface area (Å²) in [4.78, 5) is 27.6. The molecule has 7 nitrogen and oxygen atoms in total. The first-order valence-electron chi connectivity index (χ1n) is 5.04. The van der Waals surface area contributed by atoms with E-state index in [9.17, 15) is 9.36 Å². The van der Waals surface area contributed by atoms with Crippen molar-refractivity contribution in [3.8, 4) is 0 Å². The summed E-state index contributed by atoms with van der Waals surface area (Å²) in [6.45, 7) is -5.59. The van der Waals surface area contributed by atoms with Gasteiger partial charge in [0.2, 0.25) is 0 Å². The molecule has 0 saturated carbocycles. The van der Waals surface area contributed by atoms with E-state index in [1.165, 1.54) is 0 Å². The molecule has 2 atom stereocenters. The summed E-state index contributed by atoms with van der Waals surface area (Å²) < 4.78 is 41.0. The summed E-state index contributed by atoms with van der Waals surface area (Å²) in [6.07, 6.45) is -5.14. The predicted octanol–water partition coefficient (Wildman–Crippen LogP) is -1.59. The van der Waals surface area contributed by atoms with Gasteiger partial charge >= 0.3 is 7.82 Å². The van der Waals surface area contributed by atoms with Crippen molar-refractivity contribution < 1.29 is 39.4 Å². The molecular formula is C5H11O7P. The van der Waals surface area contributed by atoms with Crippen LogP contribution in [0, 0.1) is 0 Å². The van der Waals surface area contributed by atoms with Crippen LogP contribution < -0.4 is 0 Å². The highest BCUT2D eigenvalue weighted by Gasteiger charge is 2.24. The highest BCUT2D eigenvalue weighted by atomic mass is 31.2. The van der Waals surface area contributed by atoms with Crippen molar-refractivity contribution in [2.24, 2.45) is 0 Å². The average Bonchev–Trinajstić information content (AvgIpc) is 2.10. The van der Waals surface area contributed by atoms with Crippen LogP contribution >= 0.6 is 7.82 Å². The molecule has 0 aromatic carbocycles. The van der Waals surface area contributed by atoms with Crippen LogP contribution in [0.1, 0.15) is 12.4 Å². The number of aliphatic hydroxyl groups is 2. The van der Waals surface area contributed by atoms with E-state index in [1.807, 2.05) is 0 Å². The van der Waals surface area contributed by atoms with E-state index in [1.54, 1.807) is 0 Å². The van der Waals surface area contributed by atoms with Gasteiger partial charge in [0.1, 0.15) is 12.2 Å². The maximum atomic E-state index is 10.9. The van der Waals surface area contributed by atoms with E-state index in [4.69, 9.17) is 25.5 Å². The van der Waals surface area contributed by atoms with Gasteiger partial charge in [-0.05, 0) is 6.88 Å². The molecule has 0 rings (SSSR count). The first kappa shape index (κ1) is 7.05. The Morgan fingerprint density at radius 1 is 1.69 bits per heavy atom. The smallest absolute Gasteiger partial charge is 0.388 e. The Balaban J connectivity index is 4.85. The van der Waals surface area contributed by atoms with E-state index < -0.39 is 39.2 Å². The fraction of sp³-hybridized carbons (Fsp3) is 0.800. The van der Waals surface area contributed by atoms with Crippen molar-refractivity contribution in [2.75, 3.05) is 6.56 Å². The third-order valence-corrected chi connectivity index (χ3v) is 1.23. The van der Waals surface area contributed by atoms with Gasteiger partial charge in [0.25, 0.3) is 0 Å². The molecule has 0 aliphatic heterocycles. The molecule has 0 radical (unpaired) electrons. The quantitative estimate of drug-likeness (QED) is 0.410. The van der Waals surface area contributed by atoms with Gasteiger partial charge in [0.15, 0.2) is 5.78 Å². The molecule has 0 aliphatic carbocycles. The Labute approximate surface area is 79.8 Å². The van der Waals surface area contributed by atoms with Gasteiger partial charge in [0, 0.05) is 2.74 Å². The number of ketones is 1. The SMILES string of the molecule is [2H]C([2H])C(=O)[C@@H](O)[C@H](O)C([2H])([2H])OP(=O)(O)O. The van der Waals surface area contributed by atoms with Crippen molar-refractivity contribution in [2.45, 2.75) is 19.1 Å². The number of hydrogen-bond donors (Lipinski definition) is 4. The van der Waals surface area contributed by atoms with Gasteiger partial charge in [-0.25, -0.2) is 4.57 Å². The molecule has 8 heteroatoms. The molecule has 0 unspecified atom stereocenters. The standard InChI is InChI=1S/C5H11O7P/c1-3(6)5(8)4(7)2-12-13(9,10)11/h4-5,7-8H,2H2,1H3,(H2,9,10,11)/t4-,5-/m1/s1/i1D2,2D2. The van der Waals surface area contributed by atoms with E-state index in [2.05, 4.69) is 4.52 Å². The van der Waals surface area contributed by atoms with Crippen molar-refractivity contribution in [1.29, 1.82) is 0 Å². The maximum absolute atomic E-state index is 10.9. The molecule has 13 heavy (non-hydrogen) atoms. The van der Waals surface area contributed by atoms with Crippen LogP contribution in [0.3, 0.4) is 0 Å². The Morgan fingerprint density at radius 2 is 2.23 bits per heavy atom. The second-order valence-corrected chi connectivity index (χ2v) is 3.16. The predicted molar refractivity (Wildman–Crippen MR) is 40.7 cm³/mol. The number of carbonyl (C=O) groups is 1. The number of phosphoric ester groups is 1. The minimum atomic E-state index is -5.29. The minimum absolute atomic E-state index is 1.53. The maximum Gasteiger partial charge on any atom is 0.469 e. The summed E-state index contributed by atoms with van der Waals surface area (Å²) >= 11 is 0. The minimum Gasteiger partial charge on any atom is -0.388 e. The number of phosphoric acid groups is 1. The third kappa shape index (κ3) is 5.87. The van der Waals surface area contributed by atoms with Gasteiger partial charge in [-0.15, -0.1) is 0 Å². The fourth-order valence-electron chi connectivity index (χ4n) is 0.343. The van der Waals surface area contributed by atoms with E-state index in [-0.39, 0.29) is 0 Å². The normalized spacial score (nSPS) is 22.5. The molecule has 78 valence electrons. The summed E-state index contributed by atoms with van der Waals surface area (Å²) in [5, 5.41) is 18.2. The van der Waals surface area contributed by atoms with Crippen molar-refractivity contribution >= 4 is 13.6 Å². The molecule has 0 spiro atoms. The summed E-state index contributed by atoms with van der Waals surface area (Å²) in [5.74, 6) is -1.53. The zero-order valence-corrected chi connectivity index (χ0v) is 7.09. The number of rotatable bonds is 5. The molecule has 4 N–H and O–H groups in total. The van der Waals surface area contributed by atoms with Crippen molar-refractivity contribution in [3.05, 3.63) is 0 Å². The Morgan fingerprint density at radius 3 is 2.62 bits per heavy atom. The lowest BCUT2D eigenvalue weighted by atomic mass is 10.1. The van der Waals surface area contributed by atoms with Crippen LogP contribution in [0.4, 0.5) is 0 Å². The molecule has 0 bridgehead atoms. The van der Waals surface area contributed by atoms with Crippen molar-refractivity contribution in [3.63, 3.8) is 0 Å². The molecule has 0 fully saturated rings. The van der Waals surface area contributed by atoms with E-state index >= 15 is 0 Å². The molecule has 0 aromatic heterocycles. The lowest BCUT2D eigenvalue weighted by Crippen LogP contribution is -2.35. The van der Waals surface area contributed by atoms with Crippen LogP contribution in [0.5, 0.6) is 0 Å². The van der Waals surface area contributed by atoms with E-state index in [0.717, 1.165) is 0 Å². The number of aliphatic hydroxyl groups excluding tert-OH is 2. The third-order valence-electron chi connectivity index (χ3n) is 0.883. The Hall–Kier alpha value is -0.300. The summed E-state index contributed by atoms with van der Waals surface area (Å²) in [6, 6.07) is 0. The topological polar surface area (TPSA) is 124 Å². The first-order valence-corrected chi connectivity index (χ1v) is 4.42. The summed E-state index contributed by atoms with van der Waals surface area (Å²) in [7, 11) is -5.29. The summed E-state index contributed by atoms with van der Waals surface area (Å²) in [5.41, 5.74) is 0. The zero-order chi connectivity index (χ0) is 14.0. The molecule has 0 amide bonds. The van der Waals surface area contributed by atoms with Gasteiger partial charge in [-0.1, -0.05) is 0 Å². The van der Waals surface area contributed by atoms with E-state index in [0.29, 0.717) is 0 Å². The number of carbonyl (C=O) groups excluding carboxylic acids is 1. The fourth-order valence-corrected chi connectivity index (χ4v) is 0.588. The lowest BCUT2D eigenvalue weighted by Gasteiger charge is -2.15. The van der Waals surface area contributed by atoms with Gasteiger partial charge in [0.05, 0.1) is 9.30 Å². The molecule has 0 aromatic rings.